The summed E-state index contributed by atoms with van der Waals surface area (Å²) >= 11 is 0. The van der Waals surface area contributed by atoms with Crippen molar-refractivity contribution >= 4 is 9.84 Å². The molecule has 0 saturated heterocycles. The molecule has 0 N–H and O–H groups in total. The van der Waals surface area contributed by atoms with Crippen molar-refractivity contribution in [1.29, 1.82) is 0 Å². The van der Waals surface area contributed by atoms with Crippen LogP contribution in [0.15, 0.2) is 131 Å². The topological polar surface area (TPSA) is 61.8 Å². The summed E-state index contributed by atoms with van der Waals surface area (Å²) in [7, 11) is -4.24. The SMILES string of the molecule is O=S(=O)(c1ccc(F)cc1)c1ccc(OC(c2ccc(OC(F)=C(F)F)cc2)(c2ccc(OC(F)=C(F)F)cc2)C(F)(F)F)cc1. The van der Waals surface area contributed by atoms with Gasteiger partial charge in [0.1, 0.15) is 23.1 Å². The lowest BCUT2D eigenvalue weighted by atomic mass is 9.85. The highest BCUT2D eigenvalue weighted by atomic mass is 32.2. The van der Waals surface area contributed by atoms with Gasteiger partial charge in [0.25, 0.3) is 5.60 Å². The number of hydrogen-bond donors (Lipinski definition) is 0. The third kappa shape index (κ3) is 7.11. The van der Waals surface area contributed by atoms with E-state index in [0.717, 1.165) is 72.8 Å². The van der Waals surface area contributed by atoms with Gasteiger partial charge in [0.05, 0.1) is 9.79 Å². The largest absolute Gasteiger partial charge is 0.468 e. The van der Waals surface area contributed by atoms with Crippen LogP contribution < -0.4 is 14.2 Å². The molecule has 0 bridgehead atoms. The highest BCUT2D eigenvalue weighted by molar-refractivity contribution is 7.91. The van der Waals surface area contributed by atoms with E-state index < -0.39 is 84.9 Å². The minimum absolute atomic E-state index is 0.310. The van der Waals surface area contributed by atoms with Crippen LogP contribution in [-0.4, -0.2) is 14.6 Å². The summed E-state index contributed by atoms with van der Waals surface area (Å²) in [5, 5.41) is 0. The maximum Gasteiger partial charge on any atom is 0.437 e. The number of benzene rings is 4. The Bertz CT molecular complexity index is 1780. The van der Waals surface area contributed by atoms with Gasteiger partial charge in [0.15, 0.2) is 0 Å². The molecule has 4 aromatic carbocycles. The molecule has 0 saturated carbocycles. The Morgan fingerprint density at radius 3 is 1.22 bits per heavy atom. The van der Waals surface area contributed by atoms with Crippen LogP contribution in [0, 0.1) is 5.82 Å². The van der Waals surface area contributed by atoms with Gasteiger partial charge in [-0.15, -0.1) is 0 Å². The molecule has 0 fully saturated rings. The second-order valence-corrected chi connectivity index (χ2v) is 11.0. The molecule has 4 aromatic rings. The maximum absolute atomic E-state index is 15.1. The van der Waals surface area contributed by atoms with E-state index in [4.69, 9.17) is 4.74 Å². The number of ether oxygens (including phenoxy) is 3. The first-order valence-electron chi connectivity index (χ1n) is 12.4. The van der Waals surface area contributed by atoms with E-state index >= 15 is 13.2 Å². The van der Waals surface area contributed by atoms with Gasteiger partial charge in [-0.1, -0.05) is 24.3 Å². The van der Waals surface area contributed by atoms with E-state index in [0.29, 0.717) is 24.3 Å². The lowest BCUT2D eigenvalue weighted by Crippen LogP contribution is -2.48. The molecule has 0 radical (unpaired) electrons. The standard InChI is InChI=1S/C30H16F10O5S/c31-19-5-13-23(14-6-19)46(41,42)24-15-11-22(12-16-24)45-29(30(38,39)40,17-1-7-20(8-2-17)43-27(36)25(32)33)18-3-9-21(10-4-18)44-28(37)26(34)35/h1-16H. The Hall–Kier alpha value is -4.99. The van der Waals surface area contributed by atoms with Crippen LogP contribution in [0.25, 0.3) is 0 Å². The molecule has 0 aromatic heterocycles. The average Bonchev–Trinajstić information content (AvgIpc) is 3.00. The Kier molecular flexibility index (Phi) is 9.70. The van der Waals surface area contributed by atoms with E-state index in [-0.39, 0.29) is 4.90 Å². The third-order valence-corrected chi connectivity index (χ3v) is 7.95. The fourth-order valence-corrected chi connectivity index (χ4v) is 5.34. The third-order valence-electron chi connectivity index (χ3n) is 6.16. The summed E-state index contributed by atoms with van der Waals surface area (Å²) in [6.45, 7) is 0. The molecule has 0 aliphatic carbocycles. The van der Waals surface area contributed by atoms with Gasteiger partial charge in [-0.05, 0) is 72.8 Å². The molecule has 242 valence electrons. The normalized spacial score (nSPS) is 11.9. The Morgan fingerprint density at radius 1 is 0.522 bits per heavy atom. The lowest BCUT2D eigenvalue weighted by molar-refractivity contribution is -0.237. The summed E-state index contributed by atoms with van der Waals surface area (Å²) in [5.41, 5.74) is -4.98. The van der Waals surface area contributed by atoms with Crippen LogP contribution in [-0.2, 0) is 15.4 Å². The molecule has 46 heavy (non-hydrogen) atoms. The maximum atomic E-state index is 15.1. The van der Waals surface area contributed by atoms with Gasteiger partial charge in [0.2, 0.25) is 9.84 Å². The molecule has 4 rings (SSSR count). The second-order valence-electron chi connectivity index (χ2n) is 9.03. The molecular weight excluding hydrogens is 662 g/mol. The summed E-state index contributed by atoms with van der Waals surface area (Å²) in [4.78, 5) is -0.702. The number of alkyl halides is 3. The predicted octanol–water partition coefficient (Wildman–Crippen LogP) is 9.37. The first-order chi connectivity index (χ1) is 21.5. The quantitative estimate of drug-likeness (QED) is 0.0951. The minimum Gasteiger partial charge on any atom is -0.468 e. The van der Waals surface area contributed by atoms with Crippen molar-refractivity contribution in [3.8, 4) is 17.2 Å². The summed E-state index contributed by atoms with van der Waals surface area (Å²) in [6, 6.07) is 8.52. The molecule has 0 aliphatic heterocycles. The number of sulfone groups is 1. The van der Waals surface area contributed by atoms with Crippen molar-refractivity contribution in [1.82, 2.24) is 0 Å². The summed E-state index contributed by atoms with van der Waals surface area (Å²) in [5.74, 6) is -2.52. The van der Waals surface area contributed by atoms with Crippen LogP contribution in [0.4, 0.5) is 43.9 Å². The van der Waals surface area contributed by atoms with Gasteiger partial charge in [-0.2, -0.15) is 39.5 Å². The van der Waals surface area contributed by atoms with E-state index in [1.165, 1.54) is 0 Å². The fourth-order valence-electron chi connectivity index (χ4n) is 4.08. The molecule has 0 heterocycles. The highest BCUT2D eigenvalue weighted by Gasteiger charge is 2.60. The Labute approximate surface area is 253 Å². The average molecular weight is 679 g/mol. The van der Waals surface area contributed by atoms with E-state index in [2.05, 4.69) is 9.47 Å². The van der Waals surface area contributed by atoms with Crippen molar-refractivity contribution < 1.29 is 66.5 Å². The van der Waals surface area contributed by atoms with Crippen LogP contribution in [0.2, 0.25) is 0 Å². The van der Waals surface area contributed by atoms with Crippen LogP contribution in [0.5, 0.6) is 17.2 Å². The monoisotopic (exact) mass is 678 g/mol. The fraction of sp³-hybridized carbons (Fsp3) is 0.0667. The zero-order valence-electron chi connectivity index (χ0n) is 22.5. The molecule has 16 heteroatoms. The van der Waals surface area contributed by atoms with E-state index in [1.54, 1.807) is 0 Å². The summed E-state index contributed by atoms with van der Waals surface area (Å²) in [6.07, 6.45) is -11.0. The molecule has 0 spiro atoms. The van der Waals surface area contributed by atoms with Crippen molar-refractivity contribution in [2.75, 3.05) is 0 Å². The number of hydrogen-bond acceptors (Lipinski definition) is 5. The molecular formula is C30H16F10O5S. The van der Waals surface area contributed by atoms with Gasteiger partial charge in [-0.25, -0.2) is 12.8 Å². The van der Waals surface area contributed by atoms with Crippen molar-refractivity contribution in [2.24, 2.45) is 0 Å². The molecule has 0 unspecified atom stereocenters. The van der Waals surface area contributed by atoms with Crippen LogP contribution in [0.3, 0.4) is 0 Å². The Morgan fingerprint density at radius 2 is 0.870 bits per heavy atom. The first kappa shape index (κ1) is 33.9. The molecule has 5 nitrogen and oxygen atoms in total. The van der Waals surface area contributed by atoms with Gasteiger partial charge in [0, 0.05) is 11.1 Å². The lowest BCUT2D eigenvalue weighted by Gasteiger charge is -2.37. The second kappa shape index (κ2) is 13.2. The number of halogens is 10. The van der Waals surface area contributed by atoms with Crippen LogP contribution >= 0.6 is 0 Å². The van der Waals surface area contributed by atoms with Crippen molar-refractivity contribution in [3.63, 3.8) is 0 Å². The van der Waals surface area contributed by atoms with Crippen molar-refractivity contribution in [3.05, 3.63) is 138 Å². The summed E-state index contributed by atoms with van der Waals surface area (Å²) < 4.78 is 175. The van der Waals surface area contributed by atoms with Crippen LogP contribution in [0.1, 0.15) is 11.1 Å². The highest BCUT2D eigenvalue weighted by Crippen LogP contribution is 2.48. The minimum atomic E-state index is -5.39. The zero-order valence-corrected chi connectivity index (χ0v) is 23.3. The molecule has 0 aliphatic rings. The zero-order chi connectivity index (χ0) is 33.9. The van der Waals surface area contributed by atoms with Gasteiger partial charge < -0.3 is 14.2 Å². The van der Waals surface area contributed by atoms with Gasteiger partial charge in [-0.3, -0.25) is 0 Å². The van der Waals surface area contributed by atoms with E-state index in [9.17, 15) is 39.2 Å². The van der Waals surface area contributed by atoms with E-state index in [1.807, 2.05) is 0 Å². The van der Waals surface area contributed by atoms with Crippen molar-refractivity contribution in [2.45, 2.75) is 21.6 Å². The number of rotatable bonds is 10. The predicted molar refractivity (Wildman–Crippen MR) is 141 cm³/mol. The Balaban J connectivity index is 1.82. The molecule has 0 atom stereocenters. The first-order valence-corrected chi connectivity index (χ1v) is 13.9. The van der Waals surface area contributed by atoms with Gasteiger partial charge >= 0.3 is 30.4 Å². The smallest absolute Gasteiger partial charge is 0.437 e. The molecule has 0 amide bonds.